The average Bonchev–Trinajstić information content (AvgIpc) is 2.41. The average molecular weight is 246 g/mol. The molecule has 0 atom stereocenters. The van der Waals surface area contributed by atoms with Crippen LogP contribution in [0.15, 0.2) is 29.6 Å². The van der Waals surface area contributed by atoms with Crippen LogP contribution >= 0.6 is 0 Å². The van der Waals surface area contributed by atoms with E-state index < -0.39 is 0 Å². The van der Waals surface area contributed by atoms with E-state index in [1.165, 1.54) is 0 Å². The van der Waals surface area contributed by atoms with Gasteiger partial charge in [-0.25, -0.2) is 5.43 Å². The zero-order chi connectivity index (χ0) is 13.0. The Morgan fingerprint density at radius 1 is 1.39 bits per heavy atom. The number of aromatic nitrogens is 1. The highest BCUT2D eigenvalue weighted by Crippen LogP contribution is 2.14. The highest BCUT2D eigenvalue weighted by atomic mass is 16.2. The number of hydrogen-bond acceptors (Lipinski definition) is 4. The Kier molecular flexibility index (Phi) is 3.66. The summed E-state index contributed by atoms with van der Waals surface area (Å²) in [5, 5.41) is 3.82. The van der Waals surface area contributed by atoms with Crippen LogP contribution in [-0.2, 0) is 9.59 Å². The van der Waals surface area contributed by atoms with Gasteiger partial charge < -0.3 is 4.90 Å². The van der Waals surface area contributed by atoms with Crippen molar-refractivity contribution in [2.24, 2.45) is 5.10 Å². The fraction of sp³-hybridized carbons (Fsp3) is 0.333. The van der Waals surface area contributed by atoms with Gasteiger partial charge in [-0.15, -0.1) is 0 Å². The molecule has 1 aliphatic heterocycles. The van der Waals surface area contributed by atoms with Crippen LogP contribution in [0.2, 0.25) is 0 Å². The van der Waals surface area contributed by atoms with Crippen molar-refractivity contribution in [3.63, 3.8) is 0 Å². The first-order chi connectivity index (χ1) is 8.72. The molecule has 2 amide bonds. The molecular formula is C12H14N4O2. The van der Waals surface area contributed by atoms with Gasteiger partial charge in [-0.2, -0.15) is 5.10 Å². The van der Waals surface area contributed by atoms with Gasteiger partial charge in [0.1, 0.15) is 5.71 Å². The standard InChI is InChI=1S/C12H14N4O2/c1-2-16(9-5-7-13-8-6-9)12(18)10-3-4-11(17)15-14-10/h5-8H,2-4H2,1H3,(H,15,17). The van der Waals surface area contributed by atoms with Crippen LogP contribution in [0, 0.1) is 0 Å². The second kappa shape index (κ2) is 5.39. The molecule has 2 rings (SSSR count). The van der Waals surface area contributed by atoms with Crippen LogP contribution < -0.4 is 10.3 Å². The summed E-state index contributed by atoms with van der Waals surface area (Å²) in [5.41, 5.74) is 3.49. The van der Waals surface area contributed by atoms with Crippen molar-refractivity contribution in [2.45, 2.75) is 19.8 Å². The van der Waals surface area contributed by atoms with Crippen molar-refractivity contribution in [3.8, 4) is 0 Å². The van der Waals surface area contributed by atoms with E-state index >= 15 is 0 Å². The lowest BCUT2D eigenvalue weighted by Gasteiger charge is -2.22. The molecule has 0 aromatic carbocycles. The maximum atomic E-state index is 12.3. The Balaban J connectivity index is 2.19. The third-order valence-electron chi connectivity index (χ3n) is 2.69. The van der Waals surface area contributed by atoms with Gasteiger partial charge >= 0.3 is 0 Å². The molecule has 6 nitrogen and oxygen atoms in total. The van der Waals surface area contributed by atoms with Crippen molar-refractivity contribution in [3.05, 3.63) is 24.5 Å². The number of rotatable bonds is 3. The fourth-order valence-electron chi connectivity index (χ4n) is 1.75. The van der Waals surface area contributed by atoms with E-state index in [2.05, 4.69) is 15.5 Å². The highest BCUT2D eigenvalue weighted by Gasteiger charge is 2.23. The zero-order valence-corrected chi connectivity index (χ0v) is 10.1. The number of hydrogen-bond donors (Lipinski definition) is 1. The van der Waals surface area contributed by atoms with Gasteiger partial charge in [-0.1, -0.05) is 0 Å². The number of hydrazone groups is 1. The first kappa shape index (κ1) is 12.2. The Bertz CT molecular complexity index is 484. The van der Waals surface area contributed by atoms with Crippen molar-refractivity contribution in [1.82, 2.24) is 10.4 Å². The summed E-state index contributed by atoms with van der Waals surface area (Å²) < 4.78 is 0. The van der Waals surface area contributed by atoms with E-state index in [-0.39, 0.29) is 11.8 Å². The second-order valence-electron chi connectivity index (χ2n) is 3.85. The lowest BCUT2D eigenvalue weighted by molar-refractivity contribution is -0.121. The Hall–Kier alpha value is -2.24. The molecule has 1 aromatic rings. The Morgan fingerprint density at radius 2 is 2.11 bits per heavy atom. The first-order valence-corrected chi connectivity index (χ1v) is 5.79. The molecule has 0 unspecified atom stereocenters. The molecule has 1 aromatic heterocycles. The van der Waals surface area contributed by atoms with Gasteiger partial charge in [-0.3, -0.25) is 14.6 Å². The molecule has 1 N–H and O–H groups in total. The summed E-state index contributed by atoms with van der Waals surface area (Å²) in [6.07, 6.45) is 3.95. The first-order valence-electron chi connectivity index (χ1n) is 5.79. The van der Waals surface area contributed by atoms with Gasteiger partial charge in [0.15, 0.2) is 0 Å². The number of anilines is 1. The predicted octanol–water partition coefficient (Wildman–Crippen LogP) is 0.700. The molecule has 0 aliphatic carbocycles. The van der Waals surface area contributed by atoms with Crippen LogP contribution in [0.5, 0.6) is 0 Å². The molecule has 0 saturated carbocycles. The predicted molar refractivity (Wildman–Crippen MR) is 67.1 cm³/mol. The molecule has 6 heteroatoms. The Labute approximate surface area is 105 Å². The lowest BCUT2D eigenvalue weighted by Crippen LogP contribution is -2.40. The summed E-state index contributed by atoms with van der Waals surface area (Å²) in [5.74, 6) is -0.331. The van der Waals surface area contributed by atoms with Crippen LogP contribution in [0.25, 0.3) is 0 Å². The molecule has 18 heavy (non-hydrogen) atoms. The second-order valence-corrected chi connectivity index (χ2v) is 3.85. The monoisotopic (exact) mass is 246 g/mol. The number of nitrogens with zero attached hydrogens (tertiary/aromatic N) is 3. The van der Waals surface area contributed by atoms with Crippen molar-refractivity contribution < 1.29 is 9.59 Å². The van der Waals surface area contributed by atoms with E-state index in [1.54, 1.807) is 29.4 Å². The topological polar surface area (TPSA) is 74.7 Å². The normalized spacial score (nSPS) is 14.7. The van der Waals surface area contributed by atoms with Gasteiger partial charge in [-0.05, 0) is 19.1 Å². The van der Waals surface area contributed by atoms with Crippen LogP contribution in [0.1, 0.15) is 19.8 Å². The molecule has 0 radical (unpaired) electrons. The van der Waals surface area contributed by atoms with Gasteiger partial charge in [0.25, 0.3) is 5.91 Å². The molecule has 0 spiro atoms. The van der Waals surface area contributed by atoms with E-state index in [4.69, 9.17) is 0 Å². The summed E-state index contributed by atoms with van der Waals surface area (Å²) >= 11 is 0. The van der Waals surface area contributed by atoms with Crippen molar-refractivity contribution >= 4 is 23.2 Å². The minimum absolute atomic E-state index is 0.154. The quantitative estimate of drug-likeness (QED) is 0.853. The number of nitrogens with one attached hydrogen (secondary N) is 1. The maximum Gasteiger partial charge on any atom is 0.274 e. The van der Waals surface area contributed by atoms with Gasteiger partial charge in [0, 0.05) is 37.5 Å². The molecule has 0 bridgehead atoms. The molecule has 2 heterocycles. The SMILES string of the molecule is CCN(C(=O)C1=NNC(=O)CC1)c1ccncc1. The van der Waals surface area contributed by atoms with E-state index in [9.17, 15) is 9.59 Å². The molecule has 0 saturated heterocycles. The third-order valence-corrected chi connectivity index (χ3v) is 2.69. The van der Waals surface area contributed by atoms with Crippen molar-refractivity contribution in [1.29, 1.82) is 0 Å². The fourth-order valence-corrected chi connectivity index (χ4v) is 1.75. The van der Waals surface area contributed by atoms with E-state index in [0.29, 0.717) is 25.1 Å². The summed E-state index contributed by atoms with van der Waals surface area (Å²) in [6.45, 7) is 2.43. The number of carbonyl (C=O) groups is 2. The number of carbonyl (C=O) groups excluding carboxylic acids is 2. The third kappa shape index (κ3) is 2.53. The zero-order valence-electron chi connectivity index (χ0n) is 10.1. The van der Waals surface area contributed by atoms with Gasteiger partial charge in [0.2, 0.25) is 5.91 Å². The summed E-state index contributed by atoms with van der Waals surface area (Å²) in [7, 11) is 0. The summed E-state index contributed by atoms with van der Waals surface area (Å²) in [4.78, 5) is 28.8. The Morgan fingerprint density at radius 3 is 2.67 bits per heavy atom. The largest absolute Gasteiger partial charge is 0.307 e. The minimum Gasteiger partial charge on any atom is -0.307 e. The number of pyridine rings is 1. The molecular weight excluding hydrogens is 232 g/mol. The highest BCUT2D eigenvalue weighted by molar-refractivity contribution is 6.44. The maximum absolute atomic E-state index is 12.3. The lowest BCUT2D eigenvalue weighted by atomic mass is 10.1. The molecule has 1 aliphatic rings. The molecule has 94 valence electrons. The molecule has 0 fully saturated rings. The number of amides is 2. The van der Waals surface area contributed by atoms with Gasteiger partial charge in [0.05, 0.1) is 0 Å². The minimum atomic E-state index is -0.177. The van der Waals surface area contributed by atoms with E-state index in [1.807, 2.05) is 6.92 Å². The van der Waals surface area contributed by atoms with Crippen LogP contribution in [0.3, 0.4) is 0 Å². The van der Waals surface area contributed by atoms with Crippen LogP contribution in [-0.4, -0.2) is 29.1 Å². The smallest absolute Gasteiger partial charge is 0.274 e. The van der Waals surface area contributed by atoms with Crippen molar-refractivity contribution in [2.75, 3.05) is 11.4 Å². The van der Waals surface area contributed by atoms with E-state index in [0.717, 1.165) is 5.69 Å². The summed E-state index contributed by atoms with van der Waals surface area (Å²) in [6, 6.07) is 3.53. The van der Waals surface area contributed by atoms with Crippen LogP contribution in [0.4, 0.5) is 5.69 Å².